The van der Waals surface area contributed by atoms with Crippen molar-refractivity contribution in [3.8, 4) is 0 Å². The van der Waals surface area contributed by atoms with Crippen molar-refractivity contribution in [2.75, 3.05) is 75.5 Å². The first kappa shape index (κ1) is 79.0. The maximum Gasteiger partial charge on any atom is 0.419 e. The fraction of sp³-hybridized carbons (Fsp3) is 0.754. The monoisotopic (exact) mass is 1370 g/mol. The second-order valence-electron chi connectivity index (χ2n) is 28.5. The number of nitrogens with zero attached hydrogens (tertiary/aromatic N) is 8. The number of carbonyl (C=O) groups is 11. The molecule has 6 rings (SSSR count). The lowest BCUT2D eigenvalue weighted by Crippen LogP contribution is -2.65. The number of likely N-dealkylation sites (N-methyl/N-ethyl adjacent to an activating group) is 6. The zero-order chi connectivity index (χ0) is 71.9. The van der Waals surface area contributed by atoms with Crippen LogP contribution in [0.1, 0.15) is 174 Å². The number of amides is 11. The molecule has 0 bridgehead atoms. The number of nitrogens with one attached hydrogen (secondary N) is 4. The van der Waals surface area contributed by atoms with Crippen LogP contribution in [-0.2, 0) is 65.3 Å². The first-order valence-electron chi connectivity index (χ1n) is 35.0. The second kappa shape index (κ2) is 35.7. The van der Waals surface area contributed by atoms with Crippen molar-refractivity contribution in [1.82, 2.24) is 60.5 Å². The molecule has 0 radical (unpaired) electrons. The topological polar surface area (TPSA) is 282 Å². The van der Waals surface area contributed by atoms with Gasteiger partial charge in [-0.3, -0.25) is 57.6 Å². The second-order valence-corrected chi connectivity index (χ2v) is 28.5. The molecule has 5 fully saturated rings. The van der Waals surface area contributed by atoms with Gasteiger partial charge in [0.2, 0.25) is 65.0 Å². The number of aliphatic hydroxyl groups excluding tert-OH is 1. The Kier molecular flexibility index (Phi) is 29.1. The summed E-state index contributed by atoms with van der Waals surface area (Å²) in [5.74, 6) is -9.05. The summed E-state index contributed by atoms with van der Waals surface area (Å²) in [6.45, 7) is 8.46. The molecule has 1 aromatic carbocycles. The molecule has 5 aliphatic rings. The van der Waals surface area contributed by atoms with Gasteiger partial charge in [0.25, 0.3) is 0 Å². The SMILES string of the molecule is CC[C@H](C)[C@@H]1NC(=O)[C@H](CC(C)C)N(C)C(=O)C[C@@H](C(O)N(C)C)N(C)C(=O)[C@H](C2CCCC2)N(C)C(=O)CCCCNC(=O)[C@@H]2CCCN2C(=O)[C@H](CCc2ccc(C(F)(F)F)c(F)c2)NC(=O)CN(C)C(=O)[C@H](CC2CCCCC2)N(C)C(=O)[C@@H]2CCN2C(=O)[C@H](C)NC1=O. The van der Waals surface area contributed by atoms with Gasteiger partial charge in [0.15, 0.2) is 0 Å². The number of halogens is 4. The van der Waals surface area contributed by atoms with Crippen LogP contribution in [0.2, 0.25) is 0 Å². The van der Waals surface area contributed by atoms with Crippen LogP contribution in [0.15, 0.2) is 18.2 Å². The number of aryl methyl sites for hydroxylation is 1. The minimum Gasteiger partial charge on any atom is -0.376 e. The summed E-state index contributed by atoms with van der Waals surface area (Å²) in [6.07, 6.45) is 2.15. The van der Waals surface area contributed by atoms with E-state index in [4.69, 9.17) is 0 Å². The van der Waals surface area contributed by atoms with E-state index in [1.165, 1.54) is 69.4 Å². The minimum absolute atomic E-state index is 0.0194. The fourth-order valence-corrected chi connectivity index (χ4v) is 14.4. The first-order chi connectivity index (χ1) is 45.7. The number of fused-ring (bicyclic) bond motifs is 2. The number of hydrogen-bond acceptors (Lipinski definition) is 13. The number of alkyl halides is 3. The quantitative estimate of drug-likeness (QED) is 0.143. The molecule has 3 aliphatic heterocycles. The molecule has 11 atom stereocenters. The normalized spacial score (nSPS) is 27.8. The average Bonchev–Trinajstić information content (AvgIpc) is 1.62. The molecule has 3 saturated heterocycles. The van der Waals surface area contributed by atoms with Gasteiger partial charge in [-0.05, 0) is 133 Å². The van der Waals surface area contributed by atoms with Crippen LogP contribution in [0.25, 0.3) is 0 Å². The maximum atomic E-state index is 15.0. The molecule has 2 saturated carbocycles. The van der Waals surface area contributed by atoms with Crippen molar-refractivity contribution < 1.29 is 75.4 Å². The van der Waals surface area contributed by atoms with Crippen LogP contribution < -0.4 is 21.3 Å². The Balaban J connectivity index is 1.33. The predicted molar refractivity (Wildman–Crippen MR) is 353 cm³/mol. The molecule has 24 nitrogen and oxygen atoms in total. The molecule has 0 spiro atoms. The third kappa shape index (κ3) is 20.6. The van der Waals surface area contributed by atoms with Crippen LogP contribution in [-0.4, -0.2) is 245 Å². The standard InChI is InChI=1S/C69H108F4N12O12/c1-13-42(4)58-62(91)75-43(5)63(92)85-35-32-51(85)67(96)81(10)53(38-44-22-15-14-16-23-44)66(95)79(8)40-55(86)76-49(31-29-45-28-30-47(48(70)37-45)69(71,72)73)64(93)84-34-21-26-50(84)60(89)74-33-20-19-27-56(87)83(12)59(46-24-17-18-25-46)68(97)82(11)54(65(94)78(6)7)39-57(88)80(9)52(36-41(2)3)61(90)77-58/h28,30,37,41-44,46,49-54,58-59,65,94H,13-27,29,31-36,38-40H2,1-12H3,(H,74,89)(H,75,91)(H,76,86)(H,77,90)/t42-,43-,49-,50-,51-,52-,53-,54-,58-,59-,65?/m0/s1. The van der Waals surface area contributed by atoms with Crippen molar-refractivity contribution in [2.24, 2.45) is 23.7 Å². The van der Waals surface area contributed by atoms with E-state index in [0.717, 1.165) is 55.9 Å². The average molecular weight is 1370 g/mol. The Morgan fingerprint density at radius 2 is 1.30 bits per heavy atom. The van der Waals surface area contributed by atoms with Crippen molar-refractivity contribution >= 4 is 65.0 Å². The van der Waals surface area contributed by atoms with Crippen molar-refractivity contribution in [2.45, 2.75) is 236 Å². The molecule has 97 heavy (non-hydrogen) atoms. The zero-order valence-electron chi connectivity index (χ0n) is 59.0. The van der Waals surface area contributed by atoms with E-state index in [1.54, 1.807) is 28.1 Å². The van der Waals surface area contributed by atoms with Gasteiger partial charge < -0.3 is 60.7 Å². The molecular weight excluding hydrogens is 1260 g/mol. The molecular formula is C69H108F4N12O12. The summed E-state index contributed by atoms with van der Waals surface area (Å²) in [5.41, 5.74) is -1.40. The number of rotatable bonds is 12. The van der Waals surface area contributed by atoms with Gasteiger partial charge in [-0.15, -0.1) is 0 Å². The van der Waals surface area contributed by atoms with E-state index in [0.29, 0.717) is 44.2 Å². The van der Waals surface area contributed by atoms with E-state index >= 15 is 4.79 Å². The lowest BCUT2D eigenvalue weighted by atomic mass is 9.84. The Hall–Kier alpha value is -6.97. The predicted octanol–water partition coefficient (Wildman–Crippen LogP) is 4.43. The van der Waals surface area contributed by atoms with E-state index in [1.807, 2.05) is 20.8 Å². The van der Waals surface area contributed by atoms with E-state index in [2.05, 4.69) is 21.3 Å². The van der Waals surface area contributed by atoms with Crippen molar-refractivity contribution in [3.63, 3.8) is 0 Å². The highest BCUT2D eigenvalue weighted by molar-refractivity contribution is 5.98. The van der Waals surface area contributed by atoms with Crippen LogP contribution in [0.5, 0.6) is 0 Å². The van der Waals surface area contributed by atoms with Crippen LogP contribution >= 0.6 is 0 Å². The summed E-state index contributed by atoms with van der Waals surface area (Å²) >= 11 is 0. The summed E-state index contributed by atoms with van der Waals surface area (Å²) in [4.78, 5) is 170. The highest BCUT2D eigenvalue weighted by Crippen LogP contribution is 2.35. The third-order valence-corrected chi connectivity index (χ3v) is 20.8. The van der Waals surface area contributed by atoms with Crippen LogP contribution in [0, 0.1) is 29.5 Å². The summed E-state index contributed by atoms with van der Waals surface area (Å²) in [5, 5.41) is 23.0. The summed E-state index contributed by atoms with van der Waals surface area (Å²) in [7, 11) is 10.5. The molecule has 28 heteroatoms. The molecule has 3 heterocycles. The highest BCUT2D eigenvalue weighted by atomic mass is 19.4. The lowest BCUT2D eigenvalue weighted by molar-refractivity contribution is -0.158. The van der Waals surface area contributed by atoms with Gasteiger partial charge in [-0.1, -0.05) is 85.1 Å². The Morgan fingerprint density at radius 1 is 0.649 bits per heavy atom. The Labute approximate surface area is 569 Å². The van der Waals surface area contributed by atoms with Gasteiger partial charge in [0, 0.05) is 61.3 Å². The van der Waals surface area contributed by atoms with Gasteiger partial charge in [-0.2, -0.15) is 13.2 Å². The van der Waals surface area contributed by atoms with Gasteiger partial charge in [-0.25, -0.2) is 4.39 Å². The summed E-state index contributed by atoms with van der Waals surface area (Å²) in [6, 6.07) is -7.97. The largest absolute Gasteiger partial charge is 0.419 e. The van der Waals surface area contributed by atoms with E-state index in [-0.39, 0.29) is 100 Å². The van der Waals surface area contributed by atoms with E-state index < -0.39 is 156 Å². The Morgan fingerprint density at radius 3 is 1.90 bits per heavy atom. The molecule has 1 unspecified atom stereocenters. The molecule has 2 aliphatic carbocycles. The van der Waals surface area contributed by atoms with Crippen LogP contribution in [0.4, 0.5) is 17.6 Å². The van der Waals surface area contributed by atoms with Crippen molar-refractivity contribution in [3.05, 3.63) is 35.1 Å². The Bertz CT molecular complexity index is 2950. The molecule has 0 aromatic heterocycles. The van der Waals surface area contributed by atoms with Gasteiger partial charge >= 0.3 is 6.18 Å². The molecule has 1 aromatic rings. The maximum absolute atomic E-state index is 15.0. The number of hydrogen-bond donors (Lipinski definition) is 5. The highest BCUT2D eigenvalue weighted by Gasteiger charge is 2.47. The zero-order valence-corrected chi connectivity index (χ0v) is 59.0. The van der Waals surface area contributed by atoms with Crippen LogP contribution in [0.3, 0.4) is 0 Å². The van der Waals surface area contributed by atoms with Crippen molar-refractivity contribution in [1.29, 1.82) is 0 Å². The first-order valence-corrected chi connectivity index (χ1v) is 35.0. The number of carbonyl (C=O) groups excluding carboxylic acids is 11. The molecule has 5 N–H and O–H groups in total. The molecule has 11 amide bonds. The molecule has 544 valence electrons. The van der Waals surface area contributed by atoms with Gasteiger partial charge in [0.05, 0.1) is 24.6 Å². The summed E-state index contributed by atoms with van der Waals surface area (Å²) < 4.78 is 55.7. The number of benzene rings is 1. The fourth-order valence-electron chi connectivity index (χ4n) is 14.4. The minimum atomic E-state index is -4.98. The van der Waals surface area contributed by atoms with E-state index in [9.17, 15) is 70.6 Å². The third-order valence-electron chi connectivity index (χ3n) is 20.8. The van der Waals surface area contributed by atoms with Gasteiger partial charge in [0.1, 0.15) is 60.4 Å². The number of aliphatic hydroxyl groups is 1. The smallest absolute Gasteiger partial charge is 0.376 e. The lowest BCUT2D eigenvalue weighted by Gasteiger charge is -2.44.